The number of aromatic nitrogens is 6. The van der Waals surface area contributed by atoms with Crippen molar-refractivity contribution in [2.24, 2.45) is 0 Å². The van der Waals surface area contributed by atoms with Crippen molar-refractivity contribution >= 4 is 46.3 Å². The summed E-state index contributed by atoms with van der Waals surface area (Å²) >= 11 is 1.41. The molecule has 11 heteroatoms. The fourth-order valence-electron chi connectivity index (χ4n) is 3.50. The maximum absolute atomic E-state index is 12.2. The molecular formula is C24H30AsN7O2Si. The van der Waals surface area contributed by atoms with Gasteiger partial charge in [0.25, 0.3) is 0 Å². The van der Waals surface area contributed by atoms with E-state index in [1.165, 1.54) is 28.1 Å². The topological polar surface area (TPSA) is 98.9 Å². The van der Waals surface area contributed by atoms with Crippen molar-refractivity contribution in [3.63, 3.8) is 0 Å². The van der Waals surface area contributed by atoms with Gasteiger partial charge in [0.05, 0.1) is 0 Å². The molecule has 1 atom stereocenters. The van der Waals surface area contributed by atoms with E-state index in [0.717, 1.165) is 44.1 Å². The summed E-state index contributed by atoms with van der Waals surface area (Å²) in [5.74, 6) is -0.0825. The Morgan fingerprint density at radius 1 is 1.11 bits per heavy atom. The van der Waals surface area contributed by atoms with Crippen LogP contribution in [0.2, 0.25) is 25.7 Å². The van der Waals surface area contributed by atoms with E-state index in [4.69, 9.17) is 9.84 Å². The maximum atomic E-state index is 12.2. The van der Waals surface area contributed by atoms with E-state index in [1.54, 1.807) is 37.2 Å². The average molecular weight is 552 g/mol. The zero-order chi connectivity index (χ0) is 25.2. The molecule has 0 saturated carbocycles. The molecule has 0 aliphatic carbocycles. The summed E-state index contributed by atoms with van der Waals surface area (Å²) in [5.41, 5.74) is 4.51. The quantitative estimate of drug-likeness (QED) is 0.245. The van der Waals surface area contributed by atoms with Gasteiger partial charge in [-0.25, -0.2) is 0 Å². The first-order chi connectivity index (χ1) is 16.6. The molecule has 0 aliphatic heterocycles. The average Bonchev–Trinajstić information content (AvgIpc) is 3.20. The minimum absolute atomic E-state index is 0.0825. The zero-order valence-corrected chi connectivity index (χ0v) is 24.1. The van der Waals surface area contributed by atoms with Gasteiger partial charge >= 0.3 is 195 Å². The fourth-order valence-corrected chi connectivity index (χ4v) is 4.90. The number of fused-ring (bicyclic) bond motifs is 1. The van der Waals surface area contributed by atoms with Crippen molar-refractivity contribution in [2.75, 3.05) is 20.7 Å². The molecule has 4 aromatic heterocycles. The van der Waals surface area contributed by atoms with Crippen LogP contribution in [0.4, 0.5) is 0 Å². The van der Waals surface area contributed by atoms with Gasteiger partial charge in [0.2, 0.25) is 0 Å². The normalized spacial score (nSPS) is 11.7. The number of carbonyl (C=O) groups excluding carboxylic acids is 1. The van der Waals surface area contributed by atoms with Crippen LogP contribution in [0.25, 0.3) is 33.5 Å². The Bertz CT molecular complexity index is 1350. The SMILES string of the molecule is CN(C)C(=O)c1ccc(-c2cc(-c3nn(COCC[Si](C)(C)C)c4ncncc34)cnc2[AsH2])nc1. The number of carbonyl (C=O) groups is 1. The van der Waals surface area contributed by atoms with E-state index >= 15 is 0 Å². The van der Waals surface area contributed by atoms with Crippen molar-refractivity contribution in [1.82, 2.24) is 34.6 Å². The number of amides is 1. The molecule has 182 valence electrons. The number of pyridine rings is 2. The van der Waals surface area contributed by atoms with Crippen LogP contribution >= 0.6 is 0 Å². The number of nitrogens with zero attached hydrogens (tertiary/aromatic N) is 7. The molecule has 0 bridgehead atoms. The van der Waals surface area contributed by atoms with Crippen LogP contribution in [0.15, 0.2) is 43.1 Å². The molecule has 0 saturated heterocycles. The van der Waals surface area contributed by atoms with Crippen molar-refractivity contribution in [2.45, 2.75) is 32.4 Å². The molecule has 0 fully saturated rings. The number of hydrogen-bond donors (Lipinski definition) is 0. The second kappa shape index (κ2) is 10.4. The zero-order valence-electron chi connectivity index (χ0n) is 20.7. The monoisotopic (exact) mass is 551 g/mol. The Hall–Kier alpha value is -2.94. The van der Waals surface area contributed by atoms with Gasteiger partial charge < -0.3 is 0 Å². The Morgan fingerprint density at radius 2 is 1.91 bits per heavy atom. The van der Waals surface area contributed by atoms with E-state index in [1.807, 2.05) is 18.3 Å². The number of rotatable bonds is 8. The molecule has 4 rings (SSSR count). The Balaban J connectivity index is 1.66. The molecular weight excluding hydrogens is 521 g/mol. The molecule has 0 aromatic carbocycles. The van der Waals surface area contributed by atoms with Crippen molar-refractivity contribution < 1.29 is 9.53 Å². The Kier molecular flexibility index (Phi) is 7.44. The van der Waals surface area contributed by atoms with Crippen LogP contribution in [0, 0.1) is 0 Å². The molecule has 4 heterocycles. The van der Waals surface area contributed by atoms with Gasteiger partial charge in [-0.05, 0) is 0 Å². The summed E-state index contributed by atoms with van der Waals surface area (Å²) in [6.45, 7) is 8.02. The van der Waals surface area contributed by atoms with Gasteiger partial charge in [-0.1, -0.05) is 19.6 Å². The molecule has 0 aliphatic rings. The van der Waals surface area contributed by atoms with Gasteiger partial charge in [0, 0.05) is 0 Å². The molecule has 1 amide bonds. The van der Waals surface area contributed by atoms with Gasteiger partial charge in [0.1, 0.15) is 0 Å². The van der Waals surface area contributed by atoms with Gasteiger partial charge in [0.15, 0.2) is 0 Å². The molecule has 35 heavy (non-hydrogen) atoms. The summed E-state index contributed by atoms with van der Waals surface area (Å²) in [6, 6.07) is 6.77. The Labute approximate surface area is 214 Å². The Morgan fingerprint density at radius 3 is 2.60 bits per heavy atom. The fraction of sp³-hybridized carbons (Fsp3) is 0.333. The summed E-state index contributed by atoms with van der Waals surface area (Å²) in [6.07, 6.45) is 6.71. The van der Waals surface area contributed by atoms with Gasteiger partial charge in [-0.3, -0.25) is 0 Å². The molecule has 0 N–H and O–H groups in total. The second-order valence-electron chi connectivity index (χ2n) is 9.74. The number of hydrogen-bond acceptors (Lipinski definition) is 7. The summed E-state index contributed by atoms with van der Waals surface area (Å²) < 4.78 is 8.61. The van der Waals surface area contributed by atoms with E-state index in [2.05, 4.69) is 39.6 Å². The third-order valence-electron chi connectivity index (χ3n) is 5.51. The van der Waals surface area contributed by atoms with Crippen LogP contribution in [-0.2, 0) is 11.5 Å². The van der Waals surface area contributed by atoms with E-state index in [9.17, 15) is 4.79 Å². The van der Waals surface area contributed by atoms with Crippen LogP contribution in [0.5, 0.6) is 0 Å². The van der Waals surface area contributed by atoms with E-state index < -0.39 is 8.07 Å². The summed E-state index contributed by atoms with van der Waals surface area (Å²) in [4.78, 5) is 31.6. The van der Waals surface area contributed by atoms with Crippen molar-refractivity contribution in [3.05, 3.63) is 48.7 Å². The van der Waals surface area contributed by atoms with Crippen molar-refractivity contribution in [1.29, 1.82) is 0 Å². The van der Waals surface area contributed by atoms with Crippen LogP contribution < -0.4 is 4.48 Å². The second-order valence-corrected chi connectivity index (χ2v) is 16.5. The first-order valence-corrected chi connectivity index (χ1v) is 16.2. The molecule has 0 spiro atoms. The summed E-state index contributed by atoms with van der Waals surface area (Å²) in [7, 11) is 2.28. The predicted molar refractivity (Wildman–Crippen MR) is 142 cm³/mol. The van der Waals surface area contributed by atoms with Gasteiger partial charge in [-0.2, -0.15) is 0 Å². The van der Waals surface area contributed by atoms with Crippen LogP contribution in [-0.4, -0.2) is 86.2 Å². The summed E-state index contributed by atoms with van der Waals surface area (Å²) in [5, 5.41) is 5.65. The van der Waals surface area contributed by atoms with E-state index in [0.29, 0.717) is 18.9 Å². The van der Waals surface area contributed by atoms with Crippen molar-refractivity contribution in [3.8, 4) is 22.5 Å². The number of ether oxygens (including phenoxy) is 1. The molecule has 4 aromatic rings. The minimum atomic E-state index is -1.17. The van der Waals surface area contributed by atoms with E-state index in [-0.39, 0.29) is 5.91 Å². The van der Waals surface area contributed by atoms with Crippen LogP contribution in [0.3, 0.4) is 0 Å². The first kappa shape index (κ1) is 25.2. The standard InChI is InChI=1S/C24H30AsN7O2Si/c1-31(2)24(33)16-6-7-20(27-11-16)18-10-17(12-28-22(18)25)21-19-13-26-14-29-23(19)32(30-21)15-34-8-9-35(3,4)5/h6-7,10-14H,8-9,15,25H2,1-5H3. The molecule has 9 nitrogen and oxygen atoms in total. The predicted octanol–water partition coefficient (Wildman–Crippen LogP) is 2.22. The third kappa shape index (κ3) is 5.83. The molecule has 1 unspecified atom stereocenters. The third-order valence-corrected chi connectivity index (χ3v) is 8.18. The molecule has 0 radical (unpaired) electrons. The van der Waals surface area contributed by atoms with Crippen LogP contribution in [0.1, 0.15) is 10.4 Å². The van der Waals surface area contributed by atoms with Gasteiger partial charge in [-0.15, -0.1) is 0 Å². The first-order valence-electron chi connectivity index (χ1n) is 11.3.